The number of aromatic nitrogens is 1. The molecule has 0 unspecified atom stereocenters. The predicted molar refractivity (Wildman–Crippen MR) is 93.8 cm³/mol. The zero-order valence-corrected chi connectivity index (χ0v) is 13.7. The van der Waals surface area contributed by atoms with Gasteiger partial charge in [-0.3, -0.25) is 0 Å². The molecule has 1 saturated heterocycles. The van der Waals surface area contributed by atoms with E-state index in [0.717, 1.165) is 13.1 Å². The number of para-hydroxylation sites is 1. The van der Waals surface area contributed by atoms with E-state index >= 15 is 0 Å². The highest BCUT2D eigenvalue weighted by molar-refractivity contribution is 6.31. The molecule has 1 aromatic carbocycles. The maximum atomic E-state index is 9.01. The first-order valence-electron chi connectivity index (χ1n) is 7.91. The van der Waals surface area contributed by atoms with E-state index in [1.165, 1.54) is 30.5 Å². The second-order valence-corrected chi connectivity index (χ2v) is 6.08. The first kappa shape index (κ1) is 15.6. The normalized spacial score (nSPS) is 14.3. The zero-order chi connectivity index (χ0) is 16.1. The van der Waals surface area contributed by atoms with Crippen LogP contribution >= 0.6 is 11.6 Å². The van der Waals surface area contributed by atoms with E-state index in [9.17, 15) is 0 Å². The Bertz CT molecular complexity index is 717. The maximum absolute atomic E-state index is 9.01. The predicted octanol–water partition coefficient (Wildman–Crippen LogP) is 4.21. The topological polar surface area (TPSA) is 52.0 Å². The number of nitriles is 1. The van der Waals surface area contributed by atoms with Gasteiger partial charge in [-0.25, -0.2) is 4.98 Å². The molecule has 2 aromatic rings. The summed E-state index contributed by atoms with van der Waals surface area (Å²) in [5.74, 6) is 0.666. The lowest BCUT2D eigenvalue weighted by atomic mass is 10.1. The van der Waals surface area contributed by atoms with Gasteiger partial charge in [0.1, 0.15) is 11.9 Å². The van der Waals surface area contributed by atoms with Crippen LogP contribution in [0.25, 0.3) is 0 Å². The van der Waals surface area contributed by atoms with E-state index in [4.69, 9.17) is 16.9 Å². The number of anilines is 2. The molecule has 23 heavy (non-hydrogen) atoms. The van der Waals surface area contributed by atoms with Crippen molar-refractivity contribution in [3.05, 3.63) is 52.7 Å². The molecule has 0 spiro atoms. The lowest BCUT2D eigenvalue weighted by Crippen LogP contribution is -2.30. The van der Waals surface area contributed by atoms with Gasteiger partial charge >= 0.3 is 0 Å². The third-order valence-electron chi connectivity index (χ3n) is 4.10. The summed E-state index contributed by atoms with van der Waals surface area (Å²) in [6, 6.07) is 14.0. The number of hydrogen-bond acceptors (Lipinski definition) is 4. The summed E-state index contributed by atoms with van der Waals surface area (Å²) in [5, 5.41) is 12.7. The third-order valence-corrected chi connectivity index (χ3v) is 4.41. The number of nitrogens with one attached hydrogen (secondary N) is 1. The molecule has 0 aliphatic carbocycles. The molecule has 1 fully saturated rings. The van der Waals surface area contributed by atoms with Crippen LogP contribution in [0.15, 0.2) is 36.4 Å². The Hall–Kier alpha value is -2.25. The number of nitrogens with zero attached hydrogens (tertiary/aromatic N) is 3. The van der Waals surface area contributed by atoms with Crippen molar-refractivity contribution < 1.29 is 0 Å². The standard InChI is InChI=1S/C18H19ClN4/c19-15-8-9-18(22-16(15)12-20)21-13-14-6-2-3-7-17(14)23-10-4-1-5-11-23/h2-3,6-9H,1,4-5,10-11,13H2,(H,21,22). The molecule has 118 valence electrons. The van der Waals surface area contributed by atoms with E-state index < -0.39 is 0 Å². The summed E-state index contributed by atoms with van der Waals surface area (Å²) in [7, 11) is 0. The fourth-order valence-electron chi connectivity index (χ4n) is 2.91. The molecule has 1 aromatic heterocycles. The average Bonchev–Trinajstić information content (AvgIpc) is 2.62. The van der Waals surface area contributed by atoms with Gasteiger partial charge in [-0.15, -0.1) is 0 Å². The highest BCUT2D eigenvalue weighted by Gasteiger charge is 2.14. The summed E-state index contributed by atoms with van der Waals surface area (Å²) in [6.07, 6.45) is 3.83. The minimum Gasteiger partial charge on any atom is -0.371 e. The quantitative estimate of drug-likeness (QED) is 0.914. The fourth-order valence-corrected chi connectivity index (χ4v) is 3.06. The van der Waals surface area contributed by atoms with E-state index in [2.05, 4.69) is 39.5 Å². The Morgan fingerprint density at radius 3 is 2.70 bits per heavy atom. The van der Waals surface area contributed by atoms with Crippen molar-refractivity contribution in [1.82, 2.24) is 4.98 Å². The lowest BCUT2D eigenvalue weighted by Gasteiger charge is -2.30. The Morgan fingerprint density at radius 2 is 1.91 bits per heavy atom. The number of piperidine rings is 1. The van der Waals surface area contributed by atoms with Gasteiger partial charge in [0.25, 0.3) is 0 Å². The smallest absolute Gasteiger partial charge is 0.161 e. The van der Waals surface area contributed by atoms with Crippen LogP contribution < -0.4 is 10.2 Å². The molecule has 0 bridgehead atoms. The highest BCUT2D eigenvalue weighted by Crippen LogP contribution is 2.25. The summed E-state index contributed by atoms with van der Waals surface area (Å²) < 4.78 is 0. The van der Waals surface area contributed by atoms with Crippen molar-refractivity contribution in [3.63, 3.8) is 0 Å². The third kappa shape index (κ3) is 3.75. The van der Waals surface area contributed by atoms with Crippen LogP contribution in [0, 0.1) is 11.3 Å². The van der Waals surface area contributed by atoms with E-state index in [0.29, 0.717) is 17.4 Å². The van der Waals surface area contributed by atoms with Crippen LogP contribution in [-0.4, -0.2) is 18.1 Å². The van der Waals surface area contributed by atoms with E-state index in [-0.39, 0.29) is 5.69 Å². The van der Waals surface area contributed by atoms with Gasteiger partial charge in [0.05, 0.1) is 5.02 Å². The Balaban J connectivity index is 1.74. The van der Waals surface area contributed by atoms with Crippen molar-refractivity contribution in [2.45, 2.75) is 25.8 Å². The second kappa shape index (κ2) is 7.34. The fraction of sp³-hybridized carbons (Fsp3) is 0.333. The van der Waals surface area contributed by atoms with Gasteiger partial charge in [0, 0.05) is 25.3 Å². The minimum atomic E-state index is 0.251. The molecule has 0 atom stereocenters. The monoisotopic (exact) mass is 326 g/mol. The maximum Gasteiger partial charge on any atom is 0.161 e. The summed E-state index contributed by atoms with van der Waals surface area (Å²) in [4.78, 5) is 6.69. The van der Waals surface area contributed by atoms with E-state index in [1.54, 1.807) is 12.1 Å². The molecule has 5 heteroatoms. The van der Waals surface area contributed by atoms with Crippen molar-refractivity contribution >= 4 is 23.1 Å². The molecular formula is C18H19ClN4. The van der Waals surface area contributed by atoms with Crippen molar-refractivity contribution in [2.24, 2.45) is 0 Å². The van der Waals surface area contributed by atoms with Gasteiger partial charge in [-0.2, -0.15) is 5.26 Å². The first-order valence-corrected chi connectivity index (χ1v) is 8.29. The number of rotatable bonds is 4. The molecule has 3 rings (SSSR count). The van der Waals surface area contributed by atoms with E-state index in [1.807, 2.05) is 6.07 Å². The van der Waals surface area contributed by atoms with Gasteiger partial charge in [0.15, 0.2) is 5.69 Å². The Labute approximate surface area is 141 Å². The molecule has 0 saturated carbocycles. The number of benzene rings is 1. The van der Waals surface area contributed by atoms with Gasteiger partial charge in [0.2, 0.25) is 0 Å². The summed E-state index contributed by atoms with van der Waals surface area (Å²) >= 11 is 5.92. The minimum absolute atomic E-state index is 0.251. The average molecular weight is 327 g/mol. The van der Waals surface area contributed by atoms with Crippen LogP contribution in [0.2, 0.25) is 5.02 Å². The number of halogens is 1. The van der Waals surface area contributed by atoms with Crippen LogP contribution in [0.5, 0.6) is 0 Å². The summed E-state index contributed by atoms with van der Waals surface area (Å²) in [6.45, 7) is 2.91. The Morgan fingerprint density at radius 1 is 1.13 bits per heavy atom. The van der Waals surface area contributed by atoms with Crippen LogP contribution in [0.3, 0.4) is 0 Å². The largest absolute Gasteiger partial charge is 0.371 e. The van der Waals surface area contributed by atoms with Crippen molar-refractivity contribution in [3.8, 4) is 6.07 Å². The molecule has 4 nitrogen and oxygen atoms in total. The molecule has 1 aliphatic heterocycles. The molecular weight excluding hydrogens is 308 g/mol. The van der Waals surface area contributed by atoms with Gasteiger partial charge < -0.3 is 10.2 Å². The number of hydrogen-bond donors (Lipinski definition) is 1. The molecule has 0 radical (unpaired) electrons. The molecule has 1 N–H and O–H groups in total. The van der Waals surface area contributed by atoms with Crippen LogP contribution in [0.1, 0.15) is 30.5 Å². The number of pyridine rings is 1. The van der Waals surface area contributed by atoms with Crippen LogP contribution in [0.4, 0.5) is 11.5 Å². The second-order valence-electron chi connectivity index (χ2n) is 5.67. The van der Waals surface area contributed by atoms with Crippen molar-refractivity contribution in [2.75, 3.05) is 23.3 Å². The zero-order valence-electron chi connectivity index (χ0n) is 12.9. The SMILES string of the molecule is N#Cc1nc(NCc2ccccc2N2CCCCC2)ccc1Cl. The Kier molecular flexibility index (Phi) is 4.99. The van der Waals surface area contributed by atoms with Crippen LogP contribution in [-0.2, 0) is 6.54 Å². The van der Waals surface area contributed by atoms with Crippen molar-refractivity contribution in [1.29, 1.82) is 5.26 Å². The first-order chi connectivity index (χ1) is 11.3. The molecule has 2 heterocycles. The highest BCUT2D eigenvalue weighted by atomic mass is 35.5. The molecule has 1 aliphatic rings. The lowest BCUT2D eigenvalue weighted by molar-refractivity contribution is 0.576. The summed E-state index contributed by atoms with van der Waals surface area (Å²) in [5.41, 5.74) is 2.78. The molecule has 0 amide bonds. The van der Waals surface area contributed by atoms with Gasteiger partial charge in [-0.05, 0) is 43.0 Å². The van der Waals surface area contributed by atoms with Gasteiger partial charge in [-0.1, -0.05) is 29.8 Å².